The molecule has 0 atom stereocenters. The first kappa shape index (κ1) is 19.4. The minimum Gasteiger partial charge on any atom is -0.367 e. The van der Waals surface area contributed by atoms with Gasteiger partial charge in [0.05, 0.1) is 11.3 Å². The molecule has 0 aliphatic carbocycles. The summed E-state index contributed by atoms with van der Waals surface area (Å²) in [5, 5.41) is 12.0. The van der Waals surface area contributed by atoms with Gasteiger partial charge >= 0.3 is 0 Å². The van der Waals surface area contributed by atoms with E-state index in [2.05, 4.69) is 20.3 Å². The van der Waals surface area contributed by atoms with E-state index in [-0.39, 0.29) is 11.3 Å². The summed E-state index contributed by atoms with van der Waals surface area (Å²) in [5.74, 6) is -2.91. The fourth-order valence-electron chi connectivity index (χ4n) is 3.01. The minimum atomic E-state index is -1.25. The second-order valence-electron chi connectivity index (χ2n) is 6.56. The molecule has 0 fully saturated rings. The first-order chi connectivity index (χ1) is 14.5. The van der Waals surface area contributed by atoms with Crippen molar-refractivity contribution in [2.75, 3.05) is 11.9 Å². The summed E-state index contributed by atoms with van der Waals surface area (Å²) in [6.07, 6.45) is 7.65. The van der Waals surface area contributed by atoms with E-state index < -0.39 is 17.5 Å². The Kier molecular flexibility index (Phi) is 5.30. The summed E-state index contributed by atoms with van der Waals surface area (Å²) in [4.78, 5) is 12.8. The van der Waals surface area contributed by atoms with E-state index in [0.29, 0.717) is 36.1 Å². The van der Waals surface area contributed by atoms with Crippen LogP contribution < -0.4 is 5.32 Å². The molecule has 0 bridgehead atoms. The van der Waals surface area contributed by atoms with Gasteiger partial charge in [0, 0.05) is 48.7 Å². The normalized spacial score (nSPS) is 10.9. The van der Waals surface area contributed by atoms with Gasteiger partial charge in [-0.1, -0.05) is 0 Å². The number of nitrogens with one attached hydrogen (secondary N) is 1. The summed E-state index contributed by atoms with van der Waals surface area (Å²) in [6, 6.07) is 6.83. The molecule has 0 saturated heterocycles. The second kappa shape index (κ2) is 8.21. The molecule has 6 nitrogen and oxygen atoms in total. The average molecular weight is 408 g/mol. The predicted octanol–water partition coefficient (Wildman–Crippen LogP) is 4.12. The monoisotopic (exact) mass is 408 g/mol. The Morgan fingerprint density at radius 1 is 1.07 bits per heavy atom. The van der Waals surface area contributed by atoms with Crippen LogP contribution in [0.2, 0.25) is 0 Å². The van der Waals surface area contributed by atoms with E-state index in [1.54, 1.807) is 28.9 Å². The number of nitriles is 1. The standard InChI is InChI=1S/C21H15F3N6/c22-16-9-18(24)17(23)8-15(16)19-12-30-7-6-27-21(30)20(29-19)26-5-1-2-14-4-3-13(10-25)11-28-14/h3-4,6-9,11-12H,1-2,5H2,(H,26,29). The number of aromatic nitrogens is 4. The Morgan fingerprint density at radius 3 is 2.67 bits per heavy atom. The zero-order valence-electron chi connectivity index (χ0n) is 15.6. The highest BCUT2D eigenvalue weighted by Crippen LogP contribution is 2.26. The molecule has 0 aliphatic heterocycles. The number of hydrogen-bond donors (Lipinski definition) is 1. The Hall–Kier alpha value is -3.93. The molecule has 0 amide bonds. The van der Waals surface area contributed by atoms with Crippen molar-refractivity contribution in [2.24, 2.45) is 0 Å². The van der Waals surface area contributed by atoms with Crippen LogP contribution in [0.4, 0.5) is 19.0 Å². The van der Waals surface area contributed by atoms with E-state index in [1.165, 1.54) is 12.4 Å². The second-order valence-corrected chi connectivity index (χ2v) is 6.56. The highest BCUT2D eigenvalue weighted by atomic mass is 19.2. The maximum Gasteiger partial charge on any atom is 0.180 e. The number of pyridine rings is 1. The lowest BCUT2D eigenvalue weighted by Crippen LogP contribution is -2.08. The van der Waals surface area contributed by atoms with Gasteiger partial charge < -0.3 is 9.72 Å². The SMILES string of the molecule is N#Cc1ccc(CCCNc2nc(-c3cc(F)c(F)cc3F)cn3ccnc23)nc1. The van der Waals surface area contributed by atoms with Crippen LogP contribution in [-0.2, 0) is 6.42 Å². The van der Waals surface area contributed by atoms with Crippen molar-refractivity contribution in [2.45, 2.75) is 12.8 Å². The first-order valence-corrected chi connectivity index (χ1v) is 9.12. The third-order valence-corrected chi connectivity index (χ3v) is 4.52. The molecule has 4 rings (SSSR count). The van der Waals surface area contributed by atoms with Gasteiger partial charge in [0.2, 0.25) is 0 Å². The molecule has 0 unspecified atom stereocenters. The van der Waals surface area contributed by atoms with Gasteiger partial charge in [0.15, 0.2) is 23.1 Å². The van der Waals surface area contributed by atoms with Crippen molar-refractivity contribution in [1.82, 2.24) is 19.4 Å². The van der Waals surface area contributed by atoms with Crippen LogP contribution in [-0.4, -0.2) is 25.9 Å². The molecule has 9 heteroatoms. The number of benzene rings is 1. The van der Waals surface area contributed by atoms with Gasteiger partial charge in [0.25, 0.3) is 0 Å². The van der Waals surface area contributed by atoms with Crippen LogP contribution in [0, 0.1) is 28.8 Å². The van der Waals surface area contributed by atoms with Gasteiger partial charge in [-0.05, 0) is 31.0 Å². The molecule has 150 valence electrons. The number of anilines is 1. The predicted molar refractivity (Wildman–Crippen MR) is 104 cm³/mol. The zero-order chi connectivity index (χ0) is 21.1. The quantitative estimate of drug-likeness (QED) is 0.383. The molecule has 0 saturated carbocycles. The maximum atomic E-state index is 14.2. The lowest BCUT2D eigenvalue weighted by molar-refractivity contribution is 0.496. The number of aryl methyl sites for hydroxylation is 1. The summed E-state index contributed by atoms with van der Waals surface area (Å²) >= 11 is 0. The van der Waals surface area contributed by atoms with E-state index >= 15 is 0 Å². The first-order valence-electron chi connectivity index (χ1n) is 9.12. The molecular weight excluding hydrogens is 393 g/mol. The lowest BCUT2D eigenvalue weighted by Gasteiger charge is -2.11. The fraction of sp³-hybridized carbons (Fsp3) is 0.143. The number of halogens is 3. The Labute approximate surface area is 169 Å². The molecule has 1 N–H and O–H groups in total. The van der Waals surface area contributed by atoms with Gasteiger partial charge in [-0.3, -0.25) is 4.98 Å². The molecule has 0 aliphatic rings. The summed E-state index contributed by atoms with van der Waals surface area (Å²) in [5.41, 5.74) is 1.89. The Bertz CT molecular complexity index is 1240. The van der Waals surface area contributed by atoms with Gasteiger partial charge in [-0.15, -0.1) is 0 Å². The number of nitrogens with zero attached hydrogens (tertiary/aromatic N) is 5. The molecular formula is C21H15F3N6. The molecule has 30 heavy (non-hydrogen) atoms. The number of hydrogen-bond acceptors (Lipinski definition) is 5. The highest BCUT2D eigenvalue weighted by Gasteiger charge is 2.15. The maximum absolute atomic E-state index is 14.2. The fourth-order valence-corrected chi connectivity index (χ4v) is 3.01. The van der Waals surface area contributed by atoms with Crippen molar-refractivity contribution in [3.05, 3.63) is 77.8 Å². The largest absolute Gasteiger partial charge is 0.367 e. The van der Waals surface area contributed by atoms with Crippen LogP contribution in [0.3, 0.4) is 0 Å². The van der Waals surface area contributed by atoms with E-state index in [9.17, 15) is 13.2 Å². The van der Waals surface area contributed by atoms with Gasteiger partial charge in [0.1, 0.15) is 11.9 Å². The van der Waals surface area contributed by atoms with Crippen molar-refractivity contribution in [1.29, 1.82) is 5.26 Å². The van der Waals surface area contributed by atoms with Crippen LogP contribution >= 0.6 is 0 Å². The topological polar surface area (TPSA) is 78.9 Å². The third kappa shape index (κ3) is 3.93. The van der Waals surface area contributed by atoms with Gasteiger partial charge in [-0.2, -0.15) is 5.26 Å². The number of rotatable bonds is 6. The van der Waals surface area contributed by atoms with E-state index in [0.717, 1.165) is 18.2 Å². The molecule has 1 aromatic carbocycles. The van der Waals surface area contributed by atoms with Crippen LogP contribution in [0.25, 0.3) is 16.9 Å². The molecule has 0 radical (unpaired) electrons. The minimum absolute atomic E-state index is 0.144. The van der Waals surface area contributed by atoms with Crippen molar-refractivity contribution < 1.29 is 13.2 Å². The Balaban J connectivity index is 1.53. The summed E-state index contributed by atoms with van der Waals surface area (Å²) < 4.78 is 42.7. The highest BCUT2D eigenvalue weighted by molar-refractivity contribution is 5.69. The summed E-state index contributed by atoms with van der Waals surface area (Å²) in [7, 11) is 0. The molecule has 4 aromatic rings. The van der Waals surface area contributed by atoms with E-state index in [4.69, 9.17) is 5.26 Å². The van der Waals surface area contributed by atoms with Crippen LogP contribution in [0.1, 0.15) is 17.7 Å². The van der Waals surface area contributed by atoms with Crippen molar-refractivity contribution >= 4 is 11.5 Å². The number of fused-ring (bicyclic) bond motifs is 1. The van der Waals surface area contributed by atoms with Gasteiger partial charge in [-0.25, -0.2) is 23.1 Å². The average Bonchev–Trinajstić information content (AvgIpc) is 3.23. The smallest absolute Gasteiger partial charge is 0.180 e. The van der Waals surface area contributed by atoms with Crippen molar-refractivity contribution in [3.8, 4) is 17.3 Å². The van der Waals surface area contributed by atoms with Crippen LogP contribution in [0.15, 0.2) is 49.1 Å². The summed E-state index contributed by atoms with van der Waals surface area (Å²) in [6.45, 7) is 0.529. The van der Waals surface area contributed by atoms with Crippen LogP contribution in [0.5, 0.6) is 0 Å². The Morgan fingerprint density at radius 2 is 1.90 bits per heavy atom. The van der Waals surface area contributed by atoms with E-state index in [1.807, 2.05) is 6.07 Å². The third-order valence-electron chi connectivity index (χ3n) is 4.52. The molecule has 3 heterocycles. The van der Waals surface area contributed by atoms with Crippen molar-refractivity contribution in [3.63, 3.8) is 0 Å². The molecule has 0 spiro atoms. The lowest BCUT2D eigenvalue weighted by atomic mass is 10.1. The molecule has 3 aromatic heterocycles. The zero-order valence-corrected chi connectivity index (χ0v) is 15.6. The number of imidazole rings is 1.